The first-order chi connectivity index (χ1) is 14.5. The van der Waals surface area contributed by atoms with Crippen molar-refractivity contribution in [3.05, 3.63) is 89.2 Å². The molecule has 0 saturated heterocycles. The van der Waals surface area contributed by atoms with Gasteiger partial charge in [-0.05, 0) is 58.2 Å². The molecule has 0 radical (unpaired) electrons. The zero-order valence-corrected chi connectivity index (χ0v) is 19.7. The average molecular weight is 514 g/mol. The summed E-state index contributed by atoms with van der Waals surface area (Å²) < 4.78 is 0. The van der Waals surface area contributed by atoms with Crippen LogP contribution in [-0.2, 0) is 0 Å². The van der Waals surface area contributed by atoms with Crippen molar-refractivity contribution < 1.29 is 0 Å². The minimum atomic E-state index is -0.0178. The van der Waals surface area contributed by atoms with Gasteiger partial charge in [-0.2, -0.15) is 0 Å². The van der Waals surface area contributed by atoms with E-state index in [2.05, 4.69) is 55.0 Å². The van der Waals surface area contributed by atoms with Crippen LogP contribution in [-0.4, -0.2) is 19.9 Å². The number of halogens is 4. The van der Waals surface area contributed by atoms with Gasteiger partial charge in [0.2, 0.25) is 10.6 Å². The third-order valence-electron chi connectivity index (χ3n) is 5.35. The molecule has 1 unspecified atom stereocenters. The SMILES string of the molecule is Clc1cc([C@@H]2[C@H](c3cc(Cl)nc(Cl)n3)C(c3cccs3)[C@H]2c2cccs2)nc(Cl)n1. The lowest BCUT2D eigenvalue weighted by Gasteiger charge is -2.51. The fourth-order valence-corrected chi connectivity index (χ4v) is 7.00. The third kappa shape index (κ3) is 3.74. The molecule has 0 spiro atoms. The summed E-state index contributed by atoms with van der Waals surface area (Å²) in [6, 6.07) is 12.0. The lowest BCUT2D eigenvalue weighted by molar-refractivity contribution is 0.226. The van der Waals surface area contributed by atoms with Crippen molar-refractivity contribution in [1.29, 1.82) is 0 Å². The number of hydrogen-bond acceptors (Lipinski definition) is 6. The summed E-state index contributed by atoms with van der Waals surface area (Å²) in [5, 5.41) is 5.05. The van der Waals surface area contributed by atoms with Crippen molar-refractivity contribution in [3.63, 3.8) is 0 Å². The maximum absolute atomic E-state index is 6.23. The fourth-order valence-electron chi connectivity index (χ4n) is 4.31. The summed E-state index contributed by atoms with van der Waals surface area (Å²) in [4.78, 5) is 19.6. The highest BCUT2D eigenvalue weighted by Gasteiger charge is 2.55. The number of aromatic nitrogens is 4. The molecular formula is C20H12Cl4N4S2. The topological polar surface area (TPSA) is 51.6 Å². The molecule has 152 valence electrons. The molecular weight excluding hydrogens is 502 g/mol. The van der Waals surface area contributed by atoms with Gasteiger partial charge in [-0.1, -0.05) is 35.3 Å². The lowest BCUT2D eigenvalue weighted by Crippen LogP contribution is -2.40. The van der Waals surface area contributed by atoms with Crippen LogP contribution in [0.1, 0.15) is 44.8 Å². The second kappa shape index (κ2) is 8.34. The third-order valence-corrected chi connectivity index (χ3v) is 8.02. The molecule has 0 amide bonds. The van der Waals surface area contributed by atoms with E-state index >= 15 is 0 Å². The van der Waals surface area contributed by atoms with E-state index in [0.717, 1.165) is 11.4 Å². The van der Waals surface area contributed by atoms with E-state index in [4.69, 9.17) is 46.4 Å². The number of hydrogen-bond donors (Lipinski definition) is 0. The molecule has 0 aliphatic heterocycles. The molecule has 5 rings (SSSR count). The largest absolute Gasteiger partial charge is 0.224 e. The first kappa shape index (κ1) is 20.6. The quantitative estimate of drug-likeness (QED) is 0.210. The number of nitrogens with zero attached hydrogens (tertiary/aromatic N) is 4. The van der Waals surface area contributed by atoms with Crippen molar-refractivity contribution in [2.24, 2.45) is 0 Å². The van der Waals surface area contributed by atoms with E-state index < -0.39 is 0 Å². The van der Waals surface area contributed by atoms with Gasteiger partial charge in [-0.25, -0.2) is 19.9 Å². The maximum Gasteiger partial charge on any atom is 0.224 e. The summed E-state index contributed by atoms with van der Waals surface area (Å²) in [6.45, 7) is 0. The second-order valence-electron chi connectivity index (χ2n) is 6.90. The molecule has 1 aliphatic carbocycles. The predicted octanol–water partition coefficient (Wildman–Crippen LogP) is 7.45. The Morgan fingerprint density at radius 3 is 1.37 bits per heavy atom. The van der Waals surface area contributed by atoms with E-state index in [0.29, 0.717) is 10.3 Å². The van der Waals surface area contributed by atoms with Crippen LogP contribution in [0.3, 0.4) is 0 Å². The molecule has 4 aromatic heterocycles. The van der Waals surface area contributed by atoms with Gasteiger partial charge in [0.05, 0.1) is 11.4 Å². The first-order valence-corrected chi connectivity index (χ1v) is 12.2. The smallest absolute Gasteiger partial charge is 0.223 e. The van der Waals surface area contributed by atoms with E-state index in [-0.39, 0.29) is 34.2 Å². The Morgan fingerprint density at radius 2 is 1.03 bits per heavy atom. The van der Waals surface area contributed by atoms with Crippen LogP contribution in [0.15, 0.2) is 47.2 Å². The van der Waals surface area contributed by atoms with E-state index in [9.17, 15) is 0 Å². The van der Waals surface area contributed by atoms with Gasteiger partial charge in [0, 0.05) is 33.4 Å². The van der Waals surface area contributed by atoms with E-state index in [1.807, 2.05) is 0 Å². The van der Waals surface area contributed by atoms with Crippen LogP contribution >= 0.6 is 69.1 Å². The summed E-state index contributed by atoms with van der Waals surface area (Å²) in [5.74, 6) is 0.331. The lowest BCUT2D eigenvalue weighted by atomic mass is 9.53. The van der Waals surface area contributed by atoms with Crippen LogP contribution < -0.4 is 0 Å². The Hall–Kier alpha value is -1.28. The summed E-state index contributed by atoms with van der Waals surface area (Å²) in [7, 11) is 0. The maximum atomic E-state index is 6.23. The van der Waals surface area contributed by atoms with Crippen molar-refractivity contribution in [3.8, 4) is 0 Å². The van der Waals surface area contributed by atoms with Gasteiger partial charge >= 0.3 is 0 Å². The normalized spacial score (nSPS) is 23.3. The molecule has 4 aromatic rings. The summed E-state index contributed by atoms with van der Waals surface area (Å²) in [5.41, 5.74) is 1.56. The summed E-state index contributed by atoms with van der Waals surface area (Å²) >= 11 is 28.2. The van der Waals surface area contributed by atoms with E-state index in [1.165, 1.54) is 9.75 Å². The van der Waals surface area contributed by atoms with Crippen LogP contribution in [0, 0.1) is 0 Å². The number of rotatable bonds is 4. The minimum Gasteiger partial charge on any atom is -0.223 e. The van der Waals surface area contributed by atoms with E-state index in [1.54, 1.807) is 34.8 Å². The minimum absolute atomic E-state index is 0.0178. The average Bonchev–Trinajstić information content (AvgIpc) is 3.33. The van der Waals surface area contributed by atoms with Gasteiger partial charge in [0.25, 0.3) is 0 Å². The molecule has 4 heterocycles. The standard InChI is InChI=1S/C20H12Cl4N4S2/c21-13-7-9(25-19(23)27-13)15-16(10-8-14(22)28-20(24)26-10)18(12-4-2-6-30-12)17(15)11-3-1-5-29-11/h1-8,15-18H/t15-,16+,17+,18?/m1/s1. The zero-order valence-electron chi connectivity index (χ0n) is 15.0. The molecule has 1 saturated carbocycles. The highest BCUT2D eigenvalue weighted by Crippen LogP contribution is 2.67. The molecule has 1 aliphatic rings. The molecule has 1 fully saturated rings. The van der Waals surface area contributed by atoms with Crippen molar-refractivity contribution in [2.45, 2.75) is 23.7 Å². The zero-order chi connectivity index (χ0) is 20.8. The highest BCUT2D eigenvalue weighted by molar-refractivity contribution is 7.10. The van der Waals surface area contributed by atoms with Crippen LogP contribution in [0.4, 0.5) is 0 Å². The first-order valence-electron chi connectivity index (χ1n) is 8.98. The Bertz CT molecular complexity index is 1050. The van der Waals surface area contributed by atoms with Crippen LogP contribution in [0.2, 0.25) is 20.9 Å². The number of thiophene rings is 2. The monoisotopic (exact) mass is 512 g/mol. The van der Waals surface area contributed by atoms with Gasteiger partial charge in [-0.3, -0.25) is 0 Å². The Balaban J connectivity index is 1.70. The van der Waals surface area contributed by atoms with Crippen LogP contribution in [0.25, 0.3) is 0 Å². The van der Waals surface area contributed by atoms with Crippen molar-refractivity contribution in [2.75, 3.05) is 0 Å². The molecule has 0 bridgehead atoms. The molecule has 30 heavy (non-hydrogen) atoms. The van der Waals surface area contributed by atoms with Gasteiger partial charge in [0.15, 0.2) is 0 Å². The molecule has 4 nitrogen and oxygen atoms in total. The molecule has 10 heteroatoms. The molecule has 0 aromatic carbocycles. The molecule has 0 N–H and O–H groups in total. The summed E-state index contributed by atoms with van der Waals surface area (Å²) in [6.07, 6.45) is 0. The Kier molecular flexibility index (Phi) is 5.73. The van der Waals surface area contributed by atoms with Crippen molar-refractivity contribution >= 4 is 69.1 Å². The molecule has 4 atom stereocenters. The highest BCUT2D eigenvalue weighted by atomic mass is 35.5. The second-order valence-corrected chi connectivity index (χ2v) is 10.3. The van der Waals surface area contributed by atoms with Crippen molar-refractivity contribution in [1.82, 2.24) is 19.9 Å². The fraction of sp³-hybridized carbons (Fsp3) is 0.200. The Morgan fingerprint density at radius 1 is 0.600 bits per heavy atom. The predicted molar refractivity (Wildman–Crippen MR) is 124 cm³/mol. The van der Waals surface area contributed by atoms with Gasteiger partial charge in [0.1, 0.15) is 10.3 Å². The Labute approximate surface area is 200 Å². The van der Waals surface area contributed by atoms with Crippen LogP contribution in [0.5, 0.6) is 0 Å². The van der Waals surface area contributed by atoms with Gasteiger partial charge in [-0.15, -0.1) is 22.7 Å². The van der Waals surface area contributed by atoms with Gasteiger partial charge < -0.3 is 0 Å².